The van der Waals surface area contributed by atoms with Crippen LogP contribution in [0.5, 0.6) is 0 Å². The van der Waals surface area contributed by atoms with Crippen LogP contribution in [0.25, 0.3) is 0 Å². The first-order chi connectivity index (χ1) is 10.1. The molecule has 0 saturated carbocycles. The Bertz CT molecular complexity index is 631. The van der Waals surface area contributed by atoms with Crippen molar-refractivity contribution in [1.82, 2.24) is 15.1 Å². The largest absolute Gasteiger partial charge is 0.303 e. The molecule has 1 aromatic carbocycles. The number of benzene rings is 1. The molecule has 5 heteroatoms. The molecule has 3 rings (SSSR count). The molecule has 0 saturated heterocycles. The van der Waals surface area contributed by atoms with Crippen molar-refractivity contribution < 1.29 is 8.78 Å². The highest BCUT2D eigenvalue weighted by atomic mass is 19.1. The Labute approximate surface area is 123 Å². The summed E-state index contributed by atoms with van der Waals surface area (Å²) in [6, 6.07) is 3.69. The van der Waals surface area contributed by atoms with Crippen LogP contribution < -0.4 is 5.32 Å². The minimum atomic E-state index is -0.503. The maximum absolute atomic E-state index is 13.9. The molecule has 0 spiro atoms. The second-order valence-corrected chi connectivity index (χ2v) is 5.64. The standard InChI is InChI=1S/C16H19F2N3/c1-10(16-12(17)5-3-6-13(16)18)20-14-7-4-8-15-11(14)9-19-21(15)2/h3,5-6,9-10,14,20H,4,7-8H2,1-2H3. The van der Waals surface area contributed by atoms with E-state index in [0.717, 1.165) is 24.8 Å². The summed E-state index contributed by atoms with van der Waals surface area (Å²) in [5, 5.41) is 7.65. The summed E-state index contributed by atoms with van der Waals surface area (Å²) >= 11 is 0. The average molecular weight is 291 g/mol. The number of aromatic nitrogens is 2. The topological polar surface area (TPSA) is 29.9 Å². The van der Waals surface area contributed by atoms with Gasteiger partial charge in [-0.05, 0) is 38.3 Å². The van der Waals surface area contributed by atoms with Crippen LogP contribution in [0.4, 0.5) is 8.78 Å². The quantitative estimate of drug-likeness (QED) is 0.939. The third-order valence-corrected chi connectivity index (χ3v) is 4.26. The molecule has 1 aromatic heterocycles. The number of hydrogen-bond acceptors (Lipinski definition) is 2. The molecule has 0 aliphatic heterocycles. The van der Waals surface area contributed by atoms with Crippen LogP contribution >= 0.6 is 0 Å². The van der Waals surface area contributed by atoms with E-state index in [9.17, 15) is 8.78 Å². The normalized spacial score (nSPS) is 19.3. The molecule has 2 aromatic rings. The first kappa shape index (κ1) is 14.2. The van der Waals surface area contributed by atoms with E-state index in [1.54, 1.807) is 6.92 Å². The van der Waals surface area contributed by atoms with Gasteiger partial charge >= 0.3 is 0 Å². The molecule has 0 fully saturated rings. The van der Waals surface area contributed by atoms with Gasteiger partial charge in [0.15, 0.2) is 0 Å². The van der Waals surface area contributed by atoms with E-state index in [0.29, 0.717) is 0 Å². The molecular weight excluding hydrogens is 272 g/mol. The lowest BCUT2D eigenvalue weighted by Gasteiger charge is -2.27. The number of aryl methyl sites for hydroxylation is 1. The summed E-state index contributed by atoms with van der Waals surface area (Å²) in [5.74, 6) is -1.01. The van der Waals surface area contributed by atoms with Crippen LogP contribution in [0.2, 0.25) is 0 Å². The lowest BCUT2D eigenvalue weighted by atomic mass is 9.92. The lowest BCUT2D eigenvalue weighted by Crippen LogP contribution is -2.28. The fourth-order valence-corrected chi connectivity index (χ4v) is 3.19. The van der Waals surface area contributed by atoms with E-state index >= 15 is 0 Å². The van der Waals surface area contributed by atoms with Crippen LogP contribution in [0.15, 0.2) is 24.4 Å². The molecular formula is C16H19F2N3. The maximum atomic E-state index is 13.9. The highest BCUT2D eigenvalue weighted by Crippen LogP contribution is 2.32. The first-order valence-corrected chi connectivity index (χ1v) is 7.28. The Balaban J connectivity index is 1.84. The molecule has 1 heterocycles. The molecule has 2 unspecified atom stereocenters. The van der Waals surface area contributed by atoms with Gasteiger partial charge in [-0.15, -0.1) is 0 Å². The fraction of sp³-hybridized carbons (Fsp3) is 0.438. The van der Waals surface area contributed by atoms with E-state index in [4.69, 9.17) is 0 Å². The first-order valence-electron chi connectivity index (χ1n) is 7.28. The summed E-state index contributed by atoms with van der Waals surface area (Å²) in [6.07, 6.45) is 4.87. The Morgan fingerprint density at radius 2 is 2.05 bits per heavy atom. The van der Waals surface area contributed by atoms with E-state index in [2.05, 4.69) is 10.4 Å². The average Bonchev–Trinajstić information content (AvgIpc) is 2.82. The van der Waals surface area contributed by atoms with E-state index in [1.807, 2.05) is 17.9 Å². The fourth-order valence-electron chi connectivity index (χ4n) is 3.19. The summed E-state index contributed by atoms with van der Waals surface area (Å²) < 4.78 is 29.6. The molecule has 1 aliphatic carbocycles. The lowest BCUT2D eigenvalue weighted by molar-refractivity contribution is 0.393. The Morgan fingerprint density at radius 3 is 2.76 bits per heavy atom. The van der Waals surface area contributed by atoms with Gasteiger partial charge in [-0.25, -0.2) is 8.78 Å². The Morgan fingerprint density at radius 1 is 1.33 bits per heavy atom. The molecule has 0 radical (unpaired) electrons. The number of halogens is 2. The molecule has 2 atom stereocenters. The van der Waals surface area contributed by atoms with Crippen LogP contribution in [-0.2, 0) is 13.5 Å². The second kappa shape index (κ2) is 5.56. The third-order valence-electron chi connectivity index (χ3n) is 4.26. The predicted octanol–water partition coefficient (Wildman–Crippen LogP) is 3.43. The van der Waals surface area contributed by atoms with Crippen LogP contribution in [-0.4, -0.2) is 9.78 Å². The van der Waals surface area contributed by atoms with Gasteiger partial charge in [0.2, 0.25) is 0 Å². The number of nitrogens with one attached hydrogen (secondary N) is 1. The SMILES string of the molecule is CC(NC1CCCc2c1cnn2C)c1c(F)cccc1F. The van der Waals surface area contributed by atoms with Gasteiger partial charge in [-0.3, -0.25) is 4.68 Å². The summed E-state index contributed by atoms with van der Waals surface area (Å²) in [6.45, 7) is 1.80. The molecule has 0 bridgehead atoms. The molecule has 21 heavy (non-hydrogen) atoms. The molecule has 112 valence electrons. The monoisotopic (exact) mass is 291 g/mol. The minimum absolute atomic E-state index is 0.0939. The van der Waals surface area contributed by atoms with Gasteiger partial charge in [0.25, 0.3) is 0 Å². The van der Waals surface area contributed by atoms with E-state index in [1.165, 1.54) is 23.9 Å². The van der Waals surface area contributed by atoms with Gasteiger partial charge in [-0.1, -0.05) is 6.07 Å². The Kier molecular flexibility index (Phi) is 3.76. The zero-order valence-electron chi connectivity index (χ0n) is 12.2. The van der Waals surface area contributed by atoms with Crippen molar-refractivity contribution in [2.45, 2.75) is 38.3 Å². The van der Waals surface area contributed by atoms with Crippen molar-refractivity contribution in [3.8, 4) is 0 Å². The van der Waals surface area contributed by atoms with Crippen LogP contribution in [0.1, 0.15) is 48.7 Å². The number of fused-ring (bicyclic) bond motifs is 1. The molecule has 3 nitrogen and oxygen atoms in total. The second-order valence-electron chi connectivity index (χ2n) is 5.64. The third kappa shape index (κ3) is 2.58. The zero-order valence-corrected chi connectivity index (χ0v) is 12.2. The summed E-state index contributed by atoms with van der Waals surface area (Å²) in [5.41, 5.74) is 2.46. The van der Waals surface area contributed by atoms with E-state index < -0.39 is 11.6 Å². The van der Waals surface area contributed by atoms with Crippen molar-refractivity contribution >= 4 is 0 Å². The van der Waals surface area contributed by atoms with E-state index in [-0.39, 0.29) is 17.6 Å². The van der Waals surface area contributed by atoms with Gasteiger partial charge in [-0.2, -0.15) is 5.10 Å². The number of rotatable bonds is 3. The number of nitrogens with zero attached hydrogens (tertiary/aromatic N) is 2. The van der Waals surface area contributed by atoms with Gasteiger partial charge in [0, 0.05) is 36.0 Å². The van der Waals surface area contributed by atoms with Crippen LogP contribution in [0.3, 0.4) is 0 Å². The highest BCUT2D eigenvalue weighted by Gasteiger charge is 2.26. The van der Waals surface area contributed by atoms with Gasteiger partial charge in [0.05, 0.1) is 6.20 Å². The molecule has 1 N–H and O–H groups in total. The predicted molar refractivity (Wildman–Crippen MR) is 76.8 cm³/mol. The number of hydrogen-bond donors (Lipinski definition) is 1. The molecule has 1 aliphatic rings. The smallest absolute Gasteiger partial charge is 0.130 e. The zero-order chi connectivity index (χ0) is 15.0. The summed E-state index contributed by atoms with van der Waals surface area (Å²) in [7, 11) is 1.93. The van der Waals surface area contributed by atoms with Gasteiger partial charge in [0.1, 0.15) is 11.6 Å². The Hall–Kier alpha value is -1.75. The maximum Gasteiger partial charge on any atom is 0.130 e. The van der Waals surface area contributed by atoms with Crippen molar-refractivity contribution in [3.63, 3.8) is 0 Å². The minimum Gasteiger partial charge on any atom is -0.303 e. The van der Waals surface area contributed by atoms with Crippen molar-refractivity contribution in [2.75, 3.05) is 0 Å². The van der Waals surface area contributed by atoms with Crippen molar-refractivity contribution in [1.29, 1.82) is 0 Å². The van der Waals surface area contributed by atoms with Gasteiger partial charge < -0.3 is 5.32 Å². The van der Waals surface area contributed by atoms with Crippen molar-refractivity contribution in [3.05, 3.63) is 52.9 Å². The van der Waals surface area contributed by atoms with Crippen molar-refractivity contribution in [2.24, 2.45) is 7.05 Å². The molecule has 0 amide bonds. The summed E-state index contributed by atoms with van der Waals surface area (Å²) in [4.78, 5) is 0. The van der Waals surface area contributed by atoms with Crippen LogP contribution in [0, 0.1) is 11.6 Å². The highest BCUT2D eigenvalue weighted by molar-refractivity contribution is 5.27.